The molecule has 0 heterocycles. The highest BCUT2D eigenvalue weighted by Crippen LogP contribution is 2.40. The summed E-state index contributed by atoms with van der Waals surface area (Å²) in [5.74, 6) is 2.34. The SMILES string of the molecule is Cc1cc(-c2cc(-c3cc(OCCCN)cc(OCCCN)c3)cc(-c3cc(OCCCN)cc(OCCCN)c3)c2)cc(C(F)(F)F)c1. The van der Waals surface area contributed by atoms with Crippen molar-refractivity contribution in [2.75, 3.05) is 52.6 Å². The van der Waals surface area contributed by atoms with Crippen molar-refractivity contribution >= 4 is 0 Å². The van der Waals surface area contributed by atoms with Crippen molar-refractivity contribution in [1.82, 2.24) is 0 Å². The second-order valence-corrected chi connectivity index (χ2v) is 11.7. The molecule has 4 rings (SSSR count). The predicted molar refractivity (Wildman–Crippen MR) is 189 cm³/mol. The quantitative estimate of drug-likeness (QED) is 0.0782. The van der Waals surface area contributed by atoms with E-state index in [1.807, 2.05) is 54.6 Å². The van der Waals surface area contributed by atoms with Gasteiger partial charge in [-0.1, -0.05) is 6.07 Å². The normalized spacial score (nSPS) is 11.4. The van der Waals surface area contributed by atoms with Crippen LogP contribution in [0.25, 0.3) is 33.4 Å². The molecular formula is C38H47F3N4O4. The van der Waals surface area contributed by atoms with Gasteiger partial charge in [0.05, 0.1) is 32.0 Å². The molecule has 0 aliphatic heterocycles. The molecule has 0 aliphatic carbocycles. The molecule has 0 radical (unpaired) electrons. The molecule has 0 saturated carbocycles. The van der Waals surface area contributed by atoms with Gasteiger partial charge in [0.25, 0.3) is 0 Å². The van der Waals surface area contributed by atoms with Gasteiger partial charge in [0, 0.05) is 12.1 Å². The van der Waals surface area contributed by atoms with Crippen LogP contribution in [0.15, 0.2) is 72.8 Å². The molecule has 0 aromatic heterocycles. The minimum Gasteiger partial charge on any atom is -0.493 e. The highest BCUT2D eigenvalue weighted by molar-refractivity contribution is 5.83. The van der Waals surface area contributed by atoms with E-state index >= 15 is 0 Å². The fourth-order valence-corrected chi connectivity index (χ4v) is 5.14. The van der Waals surface area contributed by atoms with Crippen LogP contribution in [-0.4, -0.2) is 52.6 Å². The number of benzene rings is 4. The highest BCUT2D eigenvalue weighted by atomic mass is 19.4. The lowest BCUT2D eigenvalue weighted by Crippen LogP contribution is -2.07. The maximum Gasteiger partial charge on any atom is 0.416 e. The van der Waals surface area contributed by atoms with Gasteiger partial charge in [-0.25, -0.2) is 0 Å². The summed E-state index contributed by atoms with van der Waals surface area (Å²) >= 11 is 0. The van der Waals surface area contributed by atoms with Crippen LogP contribution in [0.2, 0.25) is 0 Å². The number of hydrogen-bond acceptors (Lipinski definition) is 8. The van der Waals surface area contributed by atoms with Gasteiger partial charge in [-0.2, -0.15) is 13.2 Å². The van der Waals surface area contributed by atoms with E-state index in [4.69, 9.17) is 41.9 Å². The number of alkyl halides is 3. The Kier molecular flexibility index (Phi) is 14.1. The second kappa shape index (κ2) is 18.5. The Morgan fingerprint density at radius 3 is 1.04 bits per heavy atom. The Hall–Kier alpha value is -4.29. The first-order valence-electron chi connectivity index (χ1n) is 16.6. The van der Waals surface area contributed by atoms with Crippen molar-refractivity contribution < 1.29 is 32.1 Å². The molecule has 0 fully saturated rings. The molecule has 11 heteroatoms. The summed E-state index contributed by atoms with van der Waals surface area (Å²) in [5.41, 5.74) is 26.6. The molecule has 0 bridgehead atoms. The van der Waals surface area contributed by atoms with Crippen LogP contribution in [0.1, 0.15) is 36.8 Å². The van der Waals surface area contributed by atoms with Crippen LogP contribution in [0.4, 0.5) is 13.2 Å². The predicted octanol–water partition coefficient (Wildman–Crippen LogP) is 6.93. The lowest BCUT2D eigenvalue weighted by molar-refractivity contribution is -0.137. The molecule has 0 aliphatic rings. The van der Waals surface area contributed by atoms with E-state index < -0.39 is 11.7 Å². The molecule has 0 atom stereocenters. The van der Waals surface area contributed by atoms with Gasteiger partial charge in [-0.3, -0.25) is 0 Å². The van der Waals surface area contributed by atoms with Gasteiger partial charge in [0.1, 0.15) is 23.0 Å². The van der Waals surface area contributed by atoms with Gasteiger partial charge < -0.3 is 41.9 Å². The lowest BCUT2D eigenvalue weighted by atomic mass is 9.91. The van der Waals surface area contributed by atoms with Crippen LogP contribution in [0.3, 0.4) is 0 Å². The van der Waals surface area contributed by atoms with E-state index in [1.165, 1.54) is 6.07 Å². The van der Waals surface area contributed by atoms with Crippen molar-refractivity contribution in [2.24, 2.45) is 22.9 Å². The molecule has 264 valence electrons. The fraction of sp³-hybridized carbons (Fsp3) is 0.368. The van der Waals surface area contributed by atoms with Crippen LogP contribution >= 0.6 is 0 Å². The molecule has 8 N–H and O–H groups in total. The van der Waals surface area contributed by atoms with Crippen LogP contribution in [0, 0.1) is 6.92 Å². The first kappa shape index (κ1) is 37.5. The highest BCUT2D eigenvalue weighted by Gasteiger charge is 2.31. The summed E-state index contributed by atoms with van der Waals surface area (Å²) in [7, 11) is 0. The third-order valence-corrected chi connectivity index (χ3v) is 7.57. The molecule has 0 spiro atoms. The summed E-state index contributed by atoms with van der Waals surface area (Å²) in [5, 5.41) is 0. The lowest BCUT2D eigenvalue weighted by Gasteiger charge is -2.17. The van der Waals surface area contributed by atoms with Crippen molar-refractivity contribution in [2.45, 2.75) is 38.8 Å². The molecule has 49 heavy (non-hydrogen) atoms. The summed E-state index contributed by atoms with van der Waals surface area (Å²) in [6.07, 6.45) is -1.83. The Morgan fingerprint density at radius 1 is 0.429 bits per heavy atom. The minimum atomic E-state index is -4.50. The summed E-state index contributed by atoms with van der Waals surface area (Å²) in [6, 6.07) is 21.0. The zero-order valence-electron chi connectivity index (χ0n) is 28.0. The van der Waals surface area contributed by atoms with Crippen LogP contribution in [-0.2, 0) is 6.18 Å². The standard InChI is InChI=1S/C38H47F3N4O4/c1-26-14-27(19-33(15-26)38(39,40)41)28-16-29(31-20-34(46-10-2-6-42)24-35(21-31)47-11-3-7-43)18-30(17-28)32-22-36(48-12-4-8-44)25-37(23-32)49-13-5-9-45/h14-25H,2-13,42-45H2,1H3. The van der Waals surface area contributed by atoms with E-state index in [1.54, 1.807) is 13.0 Å². The van der Waals surface area contributed by atoms with E-state index in [0.717, 1.165) is 28.3 Å². The zero-order chi connectivity index (χ0) is 35.2. The van der Waals surface area contributed by atoms with Gasteiger partial charge in [0.2, 0.25) is 0 Å². The Morgan fingerprint density at radius 2 is 0.735 bits per heavy atom. The van der Waals surface area contributed by atoms with Crippen molar-refractivity contribution in [3.05, 3.63) is 83.9 Å². The number of ether oxygens (including phenoxy) is 4. The maximum absolute atomic E-state index is 14.0. The number of nitrogens with two attached hydrogens (primary N) is 4. The van der Waals surface area contributed by atoms with E-state index in [2.05, 4.69) is 0 Å². The topological polar surface area (TPSA) is 141 Å². The van der Waals surface area contributed by atoms with E-state index in [9.17, 15) is 13.2 Å². The zero-order valence-corrected chi connectivity index (χ0v) is 28.0. The van der Waals surface area contributed by atoms with Crippen molar-refractivity contribution in [1.29, 1.82) is 0 Å². The van der Waals surface area contributed by atoms with Gasteiger partial charge in [0.15, 0.2) is 0 Å². The third-order valence-electron chi connectivity index (χ3n) is 7.57. The monoisotopic (exact) mass is 680 g/mol. The van der Waals surface area contributed by atoms with Gasteiger partial charge in [-0.15, -0.1) is 0 Å². The Bertz CT molecular complexity index is 1510. The second-order valence-electron chi connectivity index (χ2n) is 11.7. The number of hydrogen-bond donors (Lipinski definition) is 4. The number of halogens is 3. The Balaban J connectivity index is 1.92. The molecule has 0 amide bonds. The average molecular weight is 681 g/mol. The average Bonchev–Trinajstić information content (AvgIpc) is 3.08. The molecule has 0 saturated heterocycles. The van der Waals surface area contributed by atoms with Gasteiger partial charge in [-0.05, 0) is 152 Å². The molecule has 4 aromatic carbocycles. The van der Waals surface area contributed by atoms with Crippen LogP contribution in [0.5, 0.6) is 23.0 Å². The molecule has 4 aromatic rings. The third kappa shape index (κ3) is 11.4. The molecule has 0 unspecified atom stereocenters. The first-order chi connectivity index (χ1) is 23.6. The largest absolute Gasteiger partial charge is 0.493 e. The number of aryl methyl sites for hydroxylation is 1. The van der Waals surface area contributed by atoms with Crippen molar-refractivity contribution in [3.8, 4) is 56.4 Å². The molecular weight excluding hydrogens is 633 g/mol. The Labute approximate surface area is 286 Å². The smallest absolute Gasteiger partial charge is 0.416 e. The fourth-order valence-electron chi connectivity index (χ4n) is 5.14. The summed E-state index contributed by atoms with van der Waals surface area (Å²) in [6.45, 7) is 5.25. The minimum absolute atomic E-state index is 0.418. The van der Waals surface area contributed by atoms with Gasteiger partial charge >= 0.3 is 6.18 Å². The number of rotatable bonds is 19. The van der Waals surface area contributed by atoms with E-state index in [-0.39, 0.29) is 0 Å². The van der Waals surface area contributed by atoms with E-state index in [0.29, 0.717) is 118 Å². The summed E-state index contributed by atoms with van der Waals surface area (Å²) in [4.78, 5) is 0. The molecule has 8 nitrogen and oxygen atoms in total. The van der Waals surface area contributed by atoms with Crippen LogP contribution < -0.4 is 41.9 Å². The summed E-state index contributed by atoms with van der Waals surface area (Å²) < 4.78 is 65.9. The first-order valence-corrected chi connectivity index (χ1v) is 16.6. The maximum atomic E-state index is 14.0. The van der Waals surface area contributed by atoms with Crippen molar-refractivity contribution in [3.63, 3.8) is 0 Å².